The van der Waals surface area contributed by atoms with Crippen LogP contribution in [0, 0.1) is 0 Å². The van der Waals surface area contributed by atoms with Crippen molar-refractivity contribution in [1.82, 2.24) is 30.9 Å². The molecule has 14 heteroatoms. The number of hydrogen-bond donors (Lipinski definition) is 8. The number of carboxylic acids is 1. The maximum atomic E-state index is 13.2. The average Bonchev–Trinajstić information content (AvgIpc) is 3.52. The van der Waals surface area contributed by atoms with Crippen molar-refractivity contribution in [3.05, 3.63) is 54.2 Å². The lowest BCUT2D eigenvalue weighted by atomic mass is 10.0. The Hall–Kier alpha value is -4.72. The Bertz CT molecular complexity index is 1300. The molecular formula is C24H30N8O6. The summed E-state index contributed by atoms with van der Waals surface area (Å²) in [6.07, 6.45) is 4.11. The second kappa shape index (κ2) is 12.5. The van der Waals surface area contributed by atoms with Crippen LogP contribution in [-0.4, -0.2) is 73.8 Å². The van der Waals surface area contributed by atoms with Gasteiger partial charge in [0.1, 0.15) is 18.1 Å². The number of hydrogen-bond acceptors (Lipinski definition) is 7. The van der Waals surface area contributed by atoms with Gasteiger partial charge in [0.05, 0.1) is 18.8 Å². The Balaban J connectivity index is 1.71. The van der Waals surface area contributed by atoms with Crippen molar-refractivity contribution in [3.63, 3.8) is 0 Å². The lowest BCUT2D eigenvalue weighted by Crippen LogP contribution is -2.57. The van der Waals surface area contributed by atoms with Crippen molar-refractivity contribution in [2.24, 2.45) is 11.5 Å². The van der Waals surface area contributed by atoms with Crippen LogP contribution in [0.25, 0.3) is 10.9 Å². The molecule has 0 spiro atoms. The quantitative estimate of drug-likeness (QED) is 0.129. The molecule has 0 saturated carbocycles. The highest BCUT2D eigenvalue weighted by Crippen LogP contribution is 2.19. The van der Waals surface area contributed by atoms with Gasteiger partial charge < -0.3 is 42.5 Å². The van der Waals surface area contributed by atoms with E-state index in [9.17, 15) is 29.1 Å². The maximum Gasteiger partial charge on any atom is 0.326 e. The third-order valence-corrected chi connectivity index (χ3v) is 5.84. The number of imidazole rings is 1. The zero-order valence-corrected chi connectivity index (χ0v) is 20.6. The number of nitrogens with one attached hydrogen (secondary N) is 5. The minimum atomic E-state index is -1.29. The maximum absolute atomic E-state index is 13.2. The minimum absolute atomic E-state index is 0.0000221. The molecule has 3 rings (SSSR count). The highest BCUT2D eigenvalue weighted by atomic mass is 16.4. The average molecular weight is 527 g/mol. The van der Waals surface area contributed by atoms with Crippen LogP contribution in [0.15, 0.2) is 43.0 Å². The first-order valence-corrected chi connectivity index (χ1v) is 11.7. The van der Waals surface area contributed by atoms with Crippen LogP contribution in [0.2, 0.25) is 0 Å². The number of carbonyl (C=O) groups is 5. The summed E-state index contributed by atoms with van der Waals surface area (Å²) in [5.41, 5.74) is 12.7. The van der Waals surface area contributed by atoms with Gasteiger partial charge in [-0.25, -0.2) is 9.78 Å². The molecule has 0 fully saturated rings. The highest BCUT2D eigenvalue weighted by molar-refractivity contribution is 5.95. The molecule has 0 aliphatic carbocycles. The number of amides is 4. The van der Waals surface area contributed by atoms with Gasteiger partial charge in [-0.05, 0) is 18.6 Å². The molecule has 3 aromatic rings. The SMILES string of the molecule is CC(NC(=O)C(N)CC(N)=O)C(=O)NC(Cc1cnc[nH]1)C(=O)NC(Cc1c[nH]c2ccccc12)C(=O)O. The van der Waals surface area contributed by atoms with Crippen molar-refractivity contribution >= 4 is 40.5 Å². The molecule has 202 valence electrons. The number of aromatic nitrogens is 3. The van der Waals surface area contributed by atoms with Crippen LogP contribution in [0.4, 0.5) is 0 Å². The summed E-state index contributed by atoms with van der Waals surface area (Å²) < 4.78 is 0. The van der Waals surface area contributed by atoms with Crippen molar-refractivity contribution in [2.45, 2.75) is 50.4 Å². The van der Waals surface area contributed by atoms with Crippen molar-refractivity contribution in [3.8, 4) is 0 Å². The van der Waals surface area contributed by atoms with Crippen LogP contribution in [0.5, 0.6) is 0 Å². The van der Waals surface area contributed by atoms with Crippen LogP contribution in [-0.2, 0) is 36.8 Å². The normalized spacial score (nSPS) is 14.2. The number of aromatic amines is 2. The molecule has 0 bridgehead atoms. The number of H-pyrrole nitrogens is 2. The van der Waals surface area contributed by atoms with Gasteiger partial charge in [-0.3, -0.25) is 19.2 Å². The number of rotatable bonds is 13. The van der Waals surface area contributed by atoms with Gasteiger partial charge in [-0.2, -0.15) is 0 Å². The molecule has 0 radical (unpaired) electrons. The number of carboxylic acid groups (broad SMARTS) is 1. The van der Waals surface area contributed by atoms with Crippen LogP contribution in [0.3, 0.4) is 0 Å². The smallest absolute Gasteiger partial charge is 0.326 e. The number of fused-ring (bicyclic) bond motifs is 1. The first kappa shape index (κ1) is 27.9. The zero-order valence-electron chi connectivity index (χ0n) is 20.6. The van der Waals surface area contributed by atoms with E-state index in [1.807, 2.05) is 24.3 Å². The molecular weight excluding hydrogens is 496 g/mol. The Labute approximate surface area is 216 Å². The van der Waals surface area contributed by atoms with Gasteiger partial charge in [0, 0.05) is 41.8 Å². The molecule has 2 aromatic heterocycles. The first-order chi connectivity index (χ1) is 18.0. The molecule has 38 heavy (non-hydrogen) atoms. The van der Waals surface area contributed by atoms with E-state index in [0.29, 0.717) is 11.3 Å². The third-order valence-electron chi connectivity index (χ3n) is 5.84. The summed E-state index contributed by atoms with van der Waals surface area (Å²) in [7, 11) is 0. The third kappa shape index (κ3) is 7.39. The second-order valence-electron chi connectivity index (χ2n) is 8.81. The monoisotopic (exact) mass is 526 g/mol. The summed E-state index contributed by atoms with van der Waals surface area (Å²) >= 11 is 0. The Kier molecular flexibility index (Phi) is 9.16. The molecule has 0 aliphatic heterocycles. The fourth-order valence-corrected chi connectivity index (χ4v) is 3.81. The molecule has 4 atom stereocenters. The number of benzene rings is 1. The van der Waals surface area contributed by atoms with Crippen LogP contribution < -0.4 is 27.4 Å². The molecule has 4 amide bonds. The van der Waals surface area contributed by atoms with Gasteiger partial charge in [-0.1, -0.05) is 18.2 Å². The van der Waals surface area contributed by atoms with Gasteiger partial charge in [-0.15, -0.1) is 0 Å². The summed E-state index contributed by atoms with van der Waals surface area (Å²) in [6.45, 7) is 1.37. The van der Waals surface area contributed by atoms with E-state index in [1.165, 1.54) is 19.4 Å². The van der Waals surface area contributed by atoms with E-state index < -0.39 is 60.2 Å². The van der Waals surface area contributed by atoms with E-state index in [0.717, 1.165) is 10.9 Å². The highest BCUT2D eigenvalue weighted by Gasteiger charge is 2.30. The van der Waals surface area contributed by atoms with Gasteiger partial charge in [0.15, 0.2) is 0 Å². The van der Waals surface area contributed by atoms with Gasteiger partial charge in [0.25, 0.3) is 0 Å². The number of para-hydroxylation sites is 1. The Morgan fingerprint density at radius 2 is 1.68 bits per heavy atom. The molecule has 2 heterocycles. The van der Waals surface area contributed by atoms with E-state index in [1.54, 1.807) is 6.20 Å². The fourth-order valence-electron chi connectivity index (χ4n) is 3.81. The van der Waals surface area contributed by atoms with Crippen molar-refractivity contribution in [2.75, 3.05) is 0 Å². The zero-order chi connectivity index (χ0) is 27.8. The molecule has 0 aliphatic rings. The fraction of sp³-hybridized carbons (Fsp3) is 0.333. The molecule has 14 nitrogen and oxygen atoms in total. The van der Waals surface area contributed by atoms with E-state index in [4.69, 9.17) is 11.5 Å². The first-order valence-electron chi connectivity index (χ1n) is 11.7. The van der Waals surface area contributed by atoms with E-state index in [-0.39, 0.29) is 12.8 Å². The Morgan fingerprint density at radius 1 is 0.974 bits per heavy atom. The van der Waals surface area contributed by atoms with Gasteiger partial charge in [0.2, 0.25) is 23.6 Å². The van der Waals surface area contributed by atoms with E-state index in [2.05, 4.69) is 30.9 Å². The van der Waals surface area contributed by atoms with E-state index >= 15 is 0 Å². The largest absolute Gasteiger partial charge is 0.480 e. The molecule has 0 saturated heterocycles. The van der Waals surface area contributed by atoms with Gasteiger partial charge >= 0.3 is 5.97 Å². The topological polar surface area (TPSA) is 238 Å². The van der Waals surface area contributed by atoms with Crippen LogP contribution >= 0.6 is 0 Å². The molecule has 1 aromatic carbocycles. The number of aliphatic carboxylic acids is 1. The molecule has 4 unspecified atom stereocenters. The summed E-state index contributed by atoms with van der Waals surface area (Å²) in [5, 5.41) is 18.0. The number of carbonyl (C=O) groups excluding carboxylic acids is 4. The number of primary amides is 1. The predicted molar refractivity (Wildman–Crippen MR) is 135 cm³/mol. The predicted octanol–water partition coefficient (Wildman–Crippen LogP) is -1.56. The minimum Gasteiger partial charge on any atom is -0.480 e. The Morgan fingerprint density at radius 3 is 2.34 bits per heavy atom. The second-order valence-corrected chi connectivity index (χ2v) is 8.81. The van der Waals surface area contributed by atoms with Crippen molar-refractivity contribution < 1.29 is 29.1 Å². The lowest BCUT2D eigenvalue weighted by Gasteiger charge is -2.23. The summed E-state index contributed by atoms with van der Waals surface area (Å²) in [4.78, 5) is 70.9. The summed E-state index contributed by atoms with van der Waals surface area (Å²) in [6, 6.07) is 2.50. The number of nitrogens with two attached hydrogens (primary N) is 2. The van der Waals surface area contributed by atoms with Crippen LogP contribution in [0.1, 0.15) is 24.6 Å². The number of nitrogens with zero attached hydrogens (tertiary/aromatic N) is 1. The summed E-state index contributed by atoms with van der Waals surface area (Å²) in [5.74, 6) is -4.27. The lowest BCUT2D eigenvalue weighted by molar-refractivity contribution is -0.142. The molecule has 10 N–H and O–H groups in total. The standard InChI is InChI=1S/C24H30N8O6/c1-12(30-22(35)16(25)8-20(26)33)21(34)31-18(7-14-10-27-11-29-14)23(36)32-19(24(37)38)6-13-9-28-17-5-3-2-4-15(13)17/h2-5,9-12,16,18-19,28H,6-8,25H2,1H3,(H2,26,33)(H,27,29)(H,30,35)(H,31,34)(H,32,36)(H,37,38). The van der Waals surface area contributed by atoms with Crippen molar-refractivity contribution in [1.29, 1.82) is 0 Å².